The Hall–Kier alpha value is -1.10. The van der Waals surface area contributed by atoms with Crippen LogP contribution in [-0.2, 0) is 9.47 Å². The minimum absolute atomic E-state index is 0.366. The molecule has 0 saturated carbocycles. The van der Waals surface area contributed by atoms with Crippen molar-refractivity contribution < 1.29 is 14.2 Å². The Morgan fingerprint density at radius 1 is 1.15 bits per heavy atom. The van der Waals surface area contributed by atoms with Crippen molar-refractivity contribution in [3.8, 4) is 5.75 Å². The second-order valence-electron chi connectivity index (χ2n) is 4.76. The molecule has 1 aromatic carbocycles. The third-order valence-corrected chi connectivity index (χ3v) is 3.13. The molecule has 20 heavy (non-hydrogen) atoms. The zero-order valence-corrected chi connectivity index (χ0v) is 13.1. The van der Waals surface area contributed by atoms with E-state index < -0.39 is 0 Å². The fourth-order valence-corrected chi connectivity index (χ4v) is 1.98. The Kier molecular flexibility index (Phi) is 8.26. The van der Waals surface area contributed by atoms with Crippen LogP contribution in [0.5, 0.6) is 5.75 Å². The van der Waals surface area contributed by atoms with E-state index >= 15 is 0 Å². The number of methoxy groups -OCH3 is 1. The molecule has 0 spiro atoms. The molecule has 1 rings (SSSR count). The number of benzene rings is 1. The van der Waals surface area contributed by atoms with Crippen LogP contribution in [0.1, 0.15) is 31.0 Å². The average Bonchev–Trinajstić information content (AvgIpc) is 2.44. The topological polar surface area (TPSA) is 39.7 Å². The average molecular weight is 281 g/mol. The largest absolute Gasteiger partial charge is 0.491 e. The molecule has 0 aliphatic carbocycles. The van der Waals surface area contributed by atoms with Crippen LogP contribution in [0.25, 0.3) is 0 Å². The zero-order chi connectivity index (χ0) is 14.8. The van der Waals surface area contributed by atoms with E-state index in [9.17, 15) is 0 Å². The first-order chi connectivity index (χ1) is 9.69. The molecular formula is C16H27NO3. The molecule has 114 valence electrons. The van der Waals surface area contributed by atoms with Crippen molar-refractivity contribution in [3.05, 3.63) is 29.3 Å². The van der Waals surface area contributed by atoms with E-state index in [0.717, 1.165) is 17.9 Å². The highest BCUT2D eigenvalue weighted by Crippen LogP contribution is 2.22. The highest BCUT2D eigenvalue weighted by Gasteiger charge is 2.06. The molecule has 1 aromatic rings. The molecule has 0 saturated heterocycles. The van der Waals surface area contributed by atoms with Crippen molar-refractivity contribution >= 4 is 0 Å². The lowest BCUT2D eigenvalue weighted by Crippen LogP contribution is -2.17. The van der Waals surface area contributed by atoms with Crippen LogP contribution >= 0.6 is 0 Å². The number of hydrogen-bond acceptors (Lipinski definition) is 4. The van der Waals surface area contributed by atoms with Gasteiger partial charge in [-0.05, 0) is 37.6 Å². The van der Waals surface area contributed by atoms with Crippen LogP contribution < -0.4 is 10.1 Å². The van der Waals surface area contributed by atoms with Crippen LogP contribution in [-0.4, -0.2) is 40.1 Å². The smallest absolute Gasteiger partial charge is 0.122 e. The fourth-order valence-electron chi connectivity index (χ4n) is 1.98. The molecule has 0 aliphatic heterocycles. The predicted octanol–water partition coefficient (Wildman–Crippen LogP) is 2.71. The number of ether oxygens (including phenoxy) is 3. The van der Waals surface area contributed by atoms with E-state index in [1.54, 1.807) is 7.11 Å². The highest BCUT2D eigenvalue weighted by atomic mass is 16.5. The van der Waals surface area contributed by atoms with Gasteiger partial charge in [0.1, 0.15) is 12.4 Å². The number of rotatable bonds is 10. The first kappa shape index (κ1) is 17.0. The van der Waals surface area contributed by atoms with Gasteiger partial charge < -0.3 is 19.5 Å². The van der Waals surface area contributed by atoms with Gasteiger partial charge in [0.25, 0.3) is 0 Å². The van der Waals surface area contributed by atoms with E-state index in [4.69, 9.17) is 14.2 Å². The van der Waals surface area contributed by atoms with E-state index in [2.05, 4.69) is 38.2 Å². The predicted molar refractivity (Wildman–Crippen MR) is 81.5 cm³/mol. The molecule has 0 heterocycles. The van der Waals surface area contributed by atoms with Crippen LogP contribution in [0.15, 0.2) is 18.2 Å². The number of aryl methyl sites for hydroxylation is 1. The van der Waals surface area contributed by atoms with Crippen molar-refractivity contribution in [1.82, 2.24) is 5.32 Å². The summed E-state index contributed by atoms with van der Waals surface area (Å²) in [5.41, 5.74) is 2.44. The molecule has 1 unspecified atom stereocenters. The summed E-state index contributed by atoms with van der Waals surface area (Å²) in [6, 6.07) is 6.69. The summed E-state index contributed by atoms with van der Waals surface area (Å²) in [4.78, 5) is 0. The van der Waals surface area contributed by atoms with Gasteiger partial charge in [0.15, 0.2) is 0 Å². The SMILES string of the molecule is CCNC(C)c1ccc(OCCOCCOC)c(C)c1. The molecule has 0 amide bonds. The normalized spacial score (nSPS) is 12.4. The lowest BCUT2D eigenvalue weighted by Gasteiger charge is -2.15. The summed E-state index contributed by atoms with van der Waals surface area (Å²) in [6.45, 7) is 9.70. The molecule has 0 radical (unpaired) electrons. The summed E-state index contributed by atoms with van der Waals surface area (Å²) >= 11 is 0. The quantitative estimate of drug-likeness (QED) is 0.669. The van der Waals surface area contributed by atoms with Gasteiger partial charge in [-0.1, -0.05) is 19.1 Å². The Labute approximate surface area is 122 Å². The first-order valence-corrected chi connectivity index (χ1v) is 7.22. The van der Waals surface area contributed by atoms with Crippen molar-refractivity contribution in [2.24, 2.45) is 0 Å². The summed E-state index contributed by atoms with van der Waals surface area (Å²) in [6.07, 6.45) is 0. The van der Waals surface area contributed by atoms with Crippen LogP contribution in [0.2, 0.25) is 0 Å². The molecular weight excluding hydrogens is 254 g/mol. The summed E-state index contributed by atoms with van der Waals surface area (Å²) in [5, 5.41) is 3.41. The molecule has 4 heteroatoms. The summed E-state index contributed by atoms with van der Waals surface area (Å²) < 4.78 is 16.0. The van der Waals surface area contributed by atoms with E-state index in [1.165, 1.54) is 5.56 Å². The third kappa shape index (κ3) is 5.90. The molecule has 0 bridgehead atoms. The van der Waals surface area contributed by atoms with Gasteiger partial charge in [-0.15, -0.1) is 0 Å². The van der Waals surface area contributed by atoms with E-state index in [-0.39, 0.29) is 0 Å². The molecule has 4 nitrogen and oxygen atoms in total. The minimum atomic E-state index is 0.366. The van der Waals surface area contributed by atoms with Gasteiger partial charge in [-0.3, -0.25) is 0 Å². The zero-order valence-electron chi connectivity index (χ0n) is 13.1. The van der Waals surface area contributed by atoms with Gasteiger partial charge in [-0.25, -0.2) is 0 Å². The van der Waals surface area contributed by atoms with Gasteiger partial charge in [0.05, 0.1) is 19.8 Å². The number of nitrogens with one attached hydrogen (secondary N) is 1. The Balaban J connectivity index is 2.39. The van der Waals surface area contributed by atoms with Gasteiger partial charge >= 0.3 is 0 Å². The molecule has 1 N–H and O–H groups in total. The molecule has 1 atom stereocenters. The maximum atomic E-state index is 5.73. The maximum Gasteiger partial charge on any atom is 0.122 e. The number of hydrogen-bond donors (Lipinski definition) is 1. The van der Waals surface area contributed by atoms with Gasteiger partial charge in [0.2, 0.25) is 0 Å². The summed E-state index contributed by atoms with van der Waals surface area (Å²) in [5.74, 6) is 0.924. The summed E-state index contributed by atoms with van der Waals surface area (Å²) in [7, 11) is 1.67. The Bertz CT molecular complexity index is 382. The minimum Gasteiger partial charge on any atom is -0.491 e. The molecule has 0 aliphatic rings. The standard InChI is InChI=1S/C16H27NO3/c1-5-17-14(3)15-6-7-16(13(2)12-15)20-11-10-19-9-8-18-4/h6-7,12,14,17H,5,8-11H2,1-4H3. The second-order valence-corrected chi connectivity index (χ2v) is 4.76. The van der Waals surface area contributed by atoms with Crippen LogP contribution in [0, 0.1) is 6.92 Å². The van der Waals surface area contributed by atoms with Crippen molar-refractivity contribution in [2.45, 2.75) is 26.8 Å². The maximum absolute atomic E-state index is 5.73. The highest BCUT2D eigenvalue weighted by molar-refractivity contribution is 5.37. The third-order valence-electron chi connectivity index (χ3n) is 3.13. The van der Waals surface area contributed by atoms with E-state index in [1.807, 2.05) is 6.07 Å². The van der Waals surface area contributed by atoms with Gasteiger partial charge in [-0.2, -0.15) is 0 Å². The van der Waals surface area contributed by atoms with Crippen LogP contribution in [0.3, 0.4) is 0 Å². The van der Waals surface area contributed by atoms with Crippen molar-refractivity contribution in [1.29, 1.82) is 0 Å². The monoisotopic (exact) mass is 281 g/mol. The molecule has 0 aromatic heterocycles. The lowest BCUT2D eigenvalue weighted by molar-refractivity contribution is 0.0543. The first-order valence-electron chi connectivity index (χ1n) is 7.22. The van der Waals surface area contributed by atoms with Gasteiger partial charge in [0, 0.05) is 13.2 Å². The van der Waals surface area contributed by atoms with Crippen molar-refractivity contribution in [2.75, 3.05) is 40.1 Å². The second kappa shape index (κ2) is 9.75. The Morgan fingerprint density at radius 3 is 2.55 bits per heavy atom. The molecule has 0 fully saturated rings. The van der Waals surface area contributed by atoms with E-state index in [0.29, 0.717) is 32.5 Å². The lowest BCUT2D eigenvalue weighted by atomic mass is 10.1. The van der Waals surface area contributed by atoms with Crippen molar-refractivity contribution in [3.63, 3.8) is 0 Å². The Morgan fingerprint density at radius 2 is 1.90 bits per heavy atom. The van der Waals surface area contributed by atoms with Crippen LogP contribution in [0.4, 0.5) is 0 Å². The fraction of sp³-hybridized carbons (Fsp3) is 0.625.